The second-order valence-corrected chi connectivity index (χ2v) is 7.64. The van der Waals surface area contributed by atoms with Crippen molar-refractivity contribution in [3.05, 3.63) is 41.0 Å². The van der Waals surface area contributed by atoms with E-state index in [4.69, 9.17) is 9.26 Å². The number of nitrogens with zero attached hydrogens (tertiary/aromatic N) is 3. The monoisotopic (exact) mass is 555 g/mol. The molecule has 7 nitrogen and oxygen atoms in total. The first-order valence-electron chi connectivity index (χ1n) is 9.68. The van der Waals surface area contributed by atoms with Crippen molar-refractivity contribution in [2.75, 3.05) is 13.1 Å². The highest BCUT2D eigenvalue weighted by atomic mass is 127. The number of alkyl halides is 3. The van der Waals surface area contributed by atoms with E-state index >= 15 is 0 Å². The summed E-state index contributed by atoms with van der Waals surface area (Å²) in [6.45, 7) is 9.81. The summed E-state index contributed by atoms with van der Waals surface area (Å²) < 4.78 is 51.3. The molecule has 2 aromatic rings. The summed E-state index contributed by atoms with van der Waals surface area (Å²) >= 11 is 0. The molecule has 1 heterocycles. The largest absolute Gasteiger partial charge is 0.488 e. The first kappa shape index (κ1) is 27.0. The van der Waals surface area contributed by atoms with Crippen LogP contribution < -0.4 is 15.4 Å². The number of aromatic nitrogens is 2. The van der Waals surface area contributed by atoms with Crippen molar-refractivity contribution in [2.45, 2.75) is 59.4 Å². The lowest BCUT2D eigenvalue weighted by atomic mass is 10.1. The number of aliphatic imine (C=N–C) groups is 1. The van der Waals surface area contributed by atoms with Crippen molar-refractivity contribution in [2.24, 2.45) is 4.99 Å². The molecule has 0 bridgehead atoms. The van der Waals surface area contributed by atoms with Crippen LogP contribution in [0.5, 0.6) is 5.75 Å². The minimum atomic E-state index is -4.51. The van der Waals surface area contributed by atoms with Crippen LogP contribution in [0.1, 0.15) is 50.5 Å². The molecule has 0 saturated heterocycles. The van der Waals surface area contributed by atoms with E-state index < -0.39 is 17.3 Å². The molecule has 1 aromatic carbocycles. The Labute approximate surface area is 197 Å². The number of guanidine groups is 1. The van der Waals surface area contributed by atoms with Crippen LogP contribution >= 0.6 is 24.0 Å². The van der Waals surface area contributed by atoms with Crippen molar-refractivity contribution in [1.82, 2.24) is 20.8 Å². The van der Waals surface area contributed by atoms with Crippen LogP contribution in [0.2, 0.25) is 0 Å². The molecular weight excluding hydrogens is 526 g/mol. The van der Waals surface area contributed by atoms with Crippen LogP contribution in [-0.2, 0) is 19.1 Å². The zero-order valence-corrected chi connectivity index (χ0v) is 20.6. The predicted molar refractivity (Wildman–Crippen MR) is 123 cm³/mol. The van der Waals surface area contributed by atoms with Crippen molar-refractivity contribution < 1.29 is 22.4 Å². The average molecular weight is 555 g/mol. The number of benzene rings is 1. The zero-order valence-electron chi connectivity index (χ0n) is 18.3. The molecule has 0 radical (unpaired) electrons. The topological polar surface area (TPSA) is 84.6 Å². The molecule has 0 aliphatic heterocycles. The van der Waals surface area contributed by atoms with E-state index in [0.29, 0.717) is 37.2 Å². The van der Waals surface area contributed by atoms with Gasteiger partial charge in [0.1, 0.15) is 11.4 Å². The molecule has 0 unspecified atom stereocenters. The van der Waals surface area contributed by atoms with E-state index in [9.17, 15) is 13.2 Å². The summed E-state index contributed by atoms with van der Waals surface area (Å²) in [6, 6.07) is 3.95. The lowest BCUT2D eigenvalue weighted by Crippen LogP contribution is -2.38. The van der Waals surface area contributed by atoms with Gasteiger partial charge in [0.15, 0.2) is 11.8 Å². The highest BCUT2D eigenvalue weighted by Gasteiger charge is 2.34. The van der Waals surface area contributed by atoms with Crippen LogP contribution in [0.25, 0.3) is 0 Å². The molecule has 2 N–H and O–H groups in total. The SMILES string of the molecule is CCNC(=NCc1ccc(OC(C)(C)C)cc1C(F)(F)F)NCCc1nc(C)no1.I. The molecule has 174 valence electrons. The first-order chi connectivity index (χ1) is 14.0. The molecule has 0 spiro atoms. The second kappa shape index (κ2) is 11.5. The van der Waals surface area contributed by atoms with Crippen LogP contribution in [0.15, 0.2) is 27.7 Å². The smallest absolute Gasteiger partial charge is 0.416 e. The molecule has 0 saturated carbocycles. The fraction of sp³-hybridized carbons (Fsp3) is 0.550. The minimum absolute atomic E-state index is 0. The van der Waals surface area contributed by atoms with Crippen LogP contribution in [0, 0.1) is 6.92 Å². The fourth-order valence-electron chi connectivity index (χ4n) is 2.61. The average Bonchev–Trinajstić information content (AvgIpc) is 3.03. The quantitative estimate of drug-likeness (QED) is 0.298. The van der Waals surface area contributed by atoms with Gasteiger partial charge in [-0.15, -0.1) is 24.0 Å². The predicted octanol–water partition coefficient (Wildman–Crippen LogP) is 4.49. The molecule has 0 aliphatic rings. The van der Waals surface area contributed by atoms with Gasteiger partial charge in [0.25, 0.3) is 0 Å². The summed E-state index contributed by atoms with van der Waals surface area (Å²) in [5.74, 6) is 1.59. The normalized spacial score (nSPS) is 12.3. The highest BCUT2D eigenvalue weighted by Crippen LogP contribution is 2.35. The molecule has 0 amide bonds. The van der Waals surface area contributed by atoms with Gasteiger partial charge in [-0.3, -0.25) is 0 Å². The summed E-state index contributed by atoms with van der Waals surface area (Å²) in [5, 5.41) is 9.78. The third-order valence-corrected chi connectivity index (χ3v) is 3.76. The third-order valence-electron chi connectivity index (χ3n) is 3.76. The lowest BCUT2D eigenvalue weighted by Gasteiger charge is -2.22. The maximum Gasteiger partial charge on any atom is 0.416 e. The Bertz CT molecular complexity index is 863. The second-order valence-electron chi connectivity index (χ2n) is 7.64. The van der Waals surface area contributed by atoms with Gasteiger partial charge in [-0.05, 0) is 52.3 Å². The number of aryl methyl sites for hydroxylation is 1. The van der Waals surface area contributed by atoms with E-state index in [2.05, 4.69) is 25.8 Å². The Morgan fingerprint density at radius 1 is 1.19 bits per heavy atom. The molecule has 0 aliphatic carbocycles. The molecule has 31 heavy (non-hydrogen) atoms. The Kier molecular flexibility index (Phi) is 10.0. The molecule has 1 aromatic heterocycles. The maximum atomic E-state index is 13.6. The first-order valence-corrected chi connectivity index (χ1v) is 9.68. The van der Waals surface area contributed by atoms with Gasteiger partial charge < -0.3 is 19.9 Å². The van der Waals surface area contributed by atoms with Gasteiger partial charge in [-0.1, -0.05) is 11.2 Å². The number of rotatable bonds is 7. The van der Waals surface area contributed by atoms with Crippen molar-refractivity contribution in [1.29, 1.82) is 0 Å². The van der Waals surface area contributed by atoms with Crippen molar-refractivity contribution >= 4 is 29.9 Å². The Balaban J connectivity index is 0.00000480. The number of hydrogen-bond donors (Lipinski definition) is 2. The van der Waals surface area contributed by atoms with Gasteiger partial charge in [0.2, 0.25) is 5.89 Å². The van der Waals surface area contributed by atoms with Crippen LogP contribution in [-0.4, -0.2) is 34.8 Å². The number of ether oxygens (including phenoxy) is 1. The van der Waals surface area contributed by atoms with Crippen LogP contribution in [0.4, 0.5) is 13.2 Å². The van der Waals surface area contributed by atoms with Gasteiger partial charge in [-0.25, -0.2) is 4.99 Å². The molecule has 11 heteroatoms. The number of halogens is 4. The minimum Gasteiger partial charge on any atom is -0.488 e. The number of hydrogen-bond acceptors (Lipinski definition) is 5. The summed E-state index contributed by atoms with van der Waals surface area (Å²) in [4.78, 5) is 8.39. The fourth-order valence-corrected chi connectivity index (χ4v) is 2.61. The van der Waals surface area contributed by atoms with Gasteiger partial charge in [0.05, 0.1) is 12.1 Å². The number of nitrogens with one attached hydrogen (secondary N) is 2. The summed E-state index contributed by atoms with van der Waals surface area (Å²) in [5.41, 5.74) is -1.29. The zero-order chi connectivity index (χ0) is 22.4. The standard InChI is InChI=1S/C20H28F3N5O2.HI/c1-6-24-18(25-10-9-17-27-13(2)28-30-17)26-12-14-7-8-15(29-19(3,4)5)11-16(14)20(21,22)23;/h7-8,11H,6,9-10,12H2,1-5H3,(H2,24,25,26);1H. The lowest BCUT2D eigenvalue weighted by molar-refractivity contribution is -0.138. The Morgan fingerprint density at radius 3 is 2.45 bits per heavy atom. The van der Waals surface area contributed by atoms with E-state index in [1.165, 1.54) is 12.1 Å². The van der Waals surface area contributed by atoms with Crippen molar-refractivity contribution in [3.63, 3.8) is 0 Å². The summed E-state index contributed by atoms with van der Waals surface area (Å²) in [7, 11) is 0. The molecule has 0 atom stereocenters. The van der Waals surface area contributed by atoms with Gasteiger partial charge >= 0.3 is 6.18 Å². The third kappa shape index (κ3) is 9.32. The molecular formula is C20H29F3IN5O2. The molecule has 2 rings (SSSR count). The van der Waals surface area contributed by atoms with Crippen molar-refractivity contribution in [3.8, 4) is 5.75 Å². The summed E-state index contributed by atoms with van der Waals surface area (Å²) in [6.07, 6.45) is -4.04. The highest BCUT2D eigenvalue weighted by molar-refractivity contribution is 14.0. The molecule has 0 fully saturated rings. The maximum absolute atomic E-state index is 13.6. The van der Waals surface area contributed by atoms with Crippen LogP contribution in [0.3, 0.4) is 0 Å². The van der Waals surface area contributed by atoms with Gasteiger partial charge in [0, 0.05) is 19.5 Å². The van der Waals surface area contributed by atoms with E-state index in [-0.39, 0.29) is 41.8 Å². The van der Waals surface area contributed by atoms with Gasteiger partial charge in [-0.2, -0.15) is 18.2 Å². The Morgan fingerprint density at radius 2 is 1.90 bits per heavy atom. The van der Waals surface area contributed by atoms with E-state index in [1.807, 2.05) is 6.92 Å². The van der Waals surface area contributed by atoms with E-state index in [0.717, 1.165) is 6.07 Å². The Hall–Kier alpha value is -2.05. The van der Waals surface area contributed by atoms with E-state index in [1.54, 1.807) is 27.7 Å².